The van der Waals surface area contributed by atoms with Gasteiger partial charge in [0.15, 0.2) is 0 Å². The smallest absolute Gasteiger partial charge is 0.140 e. The minimum atomic E-state index is 0.601. The normalized spacial score (nSPS) is 17.1. The van der Waals surface area contributed by atoms with Gasteiger partial charge in [-0.2, -0.15) is 10.2 Å². The highest BCUT2D eigenvalue weighted by atomic mass is 15.3. The van der Waals surface area contributed by atoms with E-state index in [1.165, 1.54) is 12.8 Å². The van der Waals surface area contributed by atoms with Gasteiger partial charge in [0.1, 0.15) is 11.5 Å². The number of hydrogen-bond donors (Lipinski definition) is 1. The predicted molar refractivity (Wildman–Crippen MR) is 80.0 cm³/mol. The van der Waals surface area contributed by atoms with E-state index in [2.05, 4.69) is 33.2 Å². The molecule has 1 saturated carbocycles. The van der Waals surface area contributed by atoms with Crippen LogP contribution in [-0.2, 0) is 13.1 Å². The van der Waals surface area contributed by atoms with Crippen LogP contribution in [0.1, 0.15) is 25.5 Å². The van der Waals surface area contributed by atoms with E-state index < -0.39 is 0 Å². The zero-order chi connectivity index (χ0) is 14.0. The quantitative estimate of drug-likeness (QED) is 0.782. The predicted octanol–water partition coefficient (Wildman–Crippen LogP) is 2.32. The van der Waals surface area contributed by atoms with Crippen molar-refractivity contribution in [1.82, 2.24) is 25.0 Å². The fourth-order valence-electron chi connectivity index (χ4n) is 3.22. The fraction of sp³-hybridized carbons (Fsp3) is 0.400. The lowest BCUT2D eigenvalue weighted by Gasteiger charge is -2.22. The lowest BCUT2D eigenvalue weighted by molar-refractivity contribution is 0.638. The maximum absolute atomic E-state index is 4.73. The molecule has 3 aromatic heterocycles. The Hall–Kier alpha value is -2.37. The van der Waals surface area contributed by atoms with Crippen molar-refractivity contribution in [3.8, 4) is 11.3 Å². The number of aromatic nitrogens is 5. The van der Waals surface area contributed by atoms with Crippen LogP contribution in [0, 0.1) is 0 Å². The van der Waals surface area contributed by atoms with Gasteiger partial charge < -0.3 is 4.90 Å². The summed E-state index contributed by atoms with van der Waals surface area (Å²) >= 11 is 0. The summed E-state index contributed by atoms with van der Waals surface area (Å²) in [4.78, 5) is 7.05. The molecule has 4 heterocycles. The van der Waals surface area contributed by atoms with Crippen molar-refractivity contribution in [3.63, 3.8) is 0 Å². The number of fused-ring (bicyclic) bond motifs is 2. The SMILES string of the molecule is CCn1cc2c(n1)CN(C1CC1)c1nccc3[nH]nc-2c13. The van der Waals surface area contributed by atoms with Crippen LogP contribution < -0.4 is 4.90 Å². The Balaban J connectivity index is 1.84. The summed E-state index contributed by atoms with van der Waals surface area (Å²) in [6.45, 7) is 3.82. The molecule has 1 aliphatic carbocycles. The highest BCUT2D eigenvalue weighted by molar-refractivity contribution is 6.02. The summed E-state index contributed by atoms with van der Waals surface area (Å²) in [5.74, 6) is 1.06. The van der Waals surface area contributed by atoms with E-state index >= 15 is 0 Å². The van der Waals surface area contributed by atoms with Gasteiger partial charge >= 0.3 is 0 Å². The summed E-state index contributed by atoms with van der Waals surface area (Å²) in [5.41, 5.74) is 4.29. The van der Waals surface area contributed by atoms with Crippen molar-refractivity contribution in [2.24, 2.45) is 0 Å². The Morgan fingerprint density at radius 2 is 2.29 bits per heavy atom. The molecule has 3 aromatic rings. The van der Waals surface area contributed by atoms with Gasteiger partial charge in [0.25, 0.3) is 0 Å². The topological polar surface area (TPSA) is 62.6 Å². The number of aromatic amines is 1. The summed E-state index contributed by atoms with van der Waals surface area (Å²) in [7, 11) is 0. The number of anilines is 1. The van der Waals surface area contributed by atoms with Gasteiger partial charge in [-0.05, 0) is 25.8 Å². The Morgan fingerprint density at radius 3 is 3.10 bits per heavy atom. The second-order valence-electron chi connectivity index (χ2n) is 5.83. The van der Waals surface area contributed by atoms with Gasteiger partial charge in [0, 0.05) is 30.5 Å². The first-order valence-electron chi connectivity index (χ1n) is 7.51. The standard InChI is InChI=1S/C15H16N6/c1-2-20-7-10-12(19-20)8-21(9-3-4-9)15-13-11(5-6-16-15)17-18-14(10)13/h5-7,9H,2-4,8H2,1H3,(H,17,18). The van der Waals surface area contributed by atoms with Gasteiger partial charge in [-0.3, -0.25) is 9.78 Å². The highest BCUT2D eigenvalue weighted by Gasteiger charge is 2.35. The summed E-state index contributed by atoms with van der Waals surface area (Å²) in [6.07, 6.45) is 6.47. The van der Waals surface area contributed by atoms with Crippen LogP contribution in [0.2, 0.25) is 0 Å². The molecule has 6 heteroatoms. The molecule has 0 aromatic carbocycles. The van der Waals surface area contributed by atoms with Gasteiger partial charge in [0.2, 0.25) is 0 Å². The van der Waals surface area contributed by atoms with Gasteiger partial charge in [0.05, 0.1) is 23.1 Å². The molecule has 2 aliphatic rings. The molecular formula is C15H16N6. The van der Waals surface area contributed by atoms with Crippen LogP contribution in [0.4, 0.5) is 5.82 Å². The summed E-state index contributed by atoms with van der Waals surface area (Å²) in [6, 6.07) is 2.60. The van der Waals surface area contributed by atoms with E-state index in [4.69, 9.17) is 5.10 Å². The van der Waals surface area contributed by atoms with Crippen molar-refractivity contribution in [3.05, 3.63) is 24.2 Å². The average molecular weight is 280 g/mol. The molecule has 0 bridgehead atoms. The maximum Gasteiger partial charge on any atom is 0.140 e. The molecule has 0 amide bonds. The van der Waals surface area contributed by atoms with E-state index in [-0.39, 0.29) is 0 Å². The molecule has 0 spiro atoms. The van der Waals surface area contributed by atoms with E-state index in [0.717, 1.165) is 46.8 Å². The zero-order valence-electron chi connectivity index (χ0n) is 11.9. The van der Waals surface area contributed by atoms with E-state index in [9.17, 15) is 0 Å². The lowest BCUT2D eigenvalue weighted by Crippen LogP contribution is -2.26. The minimum Gasteiger partial charge on any atom is -0.347 e. The van der Waals surface area contributed by atoms with Gasteiger partial charge in [-0.25, -0.2) is 4.98 Å². The van der Waals surface area contributed by atoms with Crippen molar-refractivity contribution in [1.29, 1.82) is 0 Å². The maximum atomic E-state index is 4.73. The molecular weight excluding hydrogens is 264 g/mol. The Bertz CT molecular complexity index is 841. The van der Waals surface area contributed by atoms with Crippen LogP contribution in [0.3, 0.4) is 0 Å². The number of hydrogen-bond acceptors (Lipinski definition) is 4. The van der Waals surface area contributed by atoms with Crippen LogP contribution in [0.25, 0.3) is 22.2 Å². The molecule has 0 atom stereocenters. The highest BCUT2D eigenvalue weighted by Crippen LogP contribution is 2.42. The Morgan fingerprint density at radius 1 is 1.38 bits per heavy atom. The third-order valence-corrected chi connectivity index (χ3v) is 4.45. The van der Waals surface area contributed by atoms with Gasteiger partial charge in [-0.1, -0.05) is 0 Å². The van der Waals surface area contributed by atoms with Crippen LogP contribution in [0.5, 0.6) is 0 Å². The molecule has 0 saturated heterocycles. The second-order valence-corrected chi connectivity index (χ2v) is 5.83. The third kappa shape index (κ3) is 1.50. The number of aryl methyl sites for hydroxylation is 1. The monoisotopic (exact) mass is 280 g/mol. The van der Waals surface area contributed by atoms with Crippen molar-refractivity contribution in [2.45, 2.75) is 38.9 Å². The second kappa shape index (κ2) is 3.84. The van der Waals surface area contributed by atoms with Crippen LogP contribution >= 0.6 is 0 Å². The average Bonchev–Trinajstić information content (AvgIpc) is 3.15. The zero-order valence-corrected chi connectivity index (χ0v) is 11.9. The summed E-state index contributed by atoms with van der Waals surface area (Å²) < 4.78 is 2.00. The first kappa shape index (κ1) is 11.3. The van der Waals surface area contributed by atoms with Gasteiger partial charge in [-0.15, -0.1) is 0 Å². The molecule has 1 aliphatic heterocycles. The first-order valence-corrected chi connectivity index (χ1v) is 7.51. The minimum absolute atomic E-state index is 0.601. The first-order chi connectivity index (χ1) is 10.3. The molecule has 5 rings (SSSR count). The molecule has 1 N–H and O–H groups in total. The third-order valence-electron chi connectivity index (χ3n) is 4.45. The molecule has 1 fully saturated rings. The van der Waals surface area contributed by atoms with Crippen molar-refractivity contribution >= 4 is 16.7 Å². The largest absolute Gasteiger partial charge is 0.347 e. The van der Waals surface area contributed by atoms with Crippen LogP contribution in [-0.4, -0.2) is 31.0 Å². The molecule has 106 valence electrons. The molecule has 21 heavy (non-hydrogen) atoms. The number of pyridine rings is 1. The van der Waals surface area contributed by atoms with E-state index in [1.807, 2.05) is 16.9 Å². The molecule has 6 nitrogen and oxygen atoms in total. The van der Waals surface area contributed by atoms with E-state index in [1.54, 1.807) is 0 Å². The number of nitrogens with zero attached hydrogens (tertiary/aromatic N) is 5. The fourth-order valence-corrected chi connectivity index (χ4v) is 3.22. The molecule has 0 radical (unpaired) electrons. The number of H-pyrrole nitrogens is 1. The summed E-state index contributed by atoms with van der Waals surface area (Å²) in [5, 5.41) is 13.6. The Kier molecular flexibility index (Phi) is 2.07. The van der Waals surface area contributed by atoms with Crippen molar-refractivity contribution in [2.75, 3.05) is 4.90 Å². The van der Waals surface area contributed by atoms with Crippen LogP contribution in [0.15, 0.2) is 18.5 Å². The number of rotatable bonds is 2. The molecule has 0 unspecified atom stereocenters. The lowest BCUT2D eigenvalue weighted by atomic mass is 10.1. The number of nitrogens with one attached hydrogen (secondary N) is 1. The van der Waals surface area contributed by atoms with Crippen molar-refractivity contribution < 1.29 is 0 Å². The Labute approximate surface area is 121 Å². The van der Waals surface area contributed by atoms with E-state index in [0.29, 0.717) is 6.04 Å².